The Labute approximate surface area is 566 Å². The van der Waals surface area contributed by atoms with Gasteiger partial charge in [0.1, 0.15) is 12.7 Å². The number of halogens is 5. The molecule has 0 aliphatic heterocycles. The first-order valence-electron chi connectivity index (χ1n) is 28.4. The van der Waals surface area contributed by atoms with Crippen molar-refractivity contribution in [1.82, 2.24) is 0 Å². The lowest BCUT2D eigenvalue weighted by molar-refractivity contribution is -0.137. The van der Waals surface area contributed by atoms with Crippen LogP contribution in [0.5, 0.6) is 0 Å². The van der Waals surface area contributed by atoms with Crippen molar-refractivity contribution in [2.75, 3.05) is 25.7 Å². The molecule has 1 atom stereocenters. The van der Waals surface area contributed by atoms with Gasteiger partial charge in [-0.15, -0.1) is 11.6 Å². The molecule has 0 amide bonds. The lowest BCUT2D eigenvalue weighted by atomic mass is 10.0. The second-order valence-electron chi connectivity index (χ2n) is 18.7. The van der Waals surface area contributed by atoms with E-state index < -0.39 is 24.5 Å². The van der Waals surface area contributed by atoms with Gasteiger partial charge in [-0.3, -0.25) is 38.4 Å². The van der Waals surface area contributed by atoms with Crippen molar-refractivity contribution < 1.29 is 63.2 Å². The maximum absolute atomic E-state index is 11.9. The Morgan fingerprint density at radius 2 is 0.860 bits per heavy atom. The first-order valence-corrected chi connectivity index (χ1v) is 30.4. The summed E-state index contributed by atoms with van der Waals surface area (Å²) < 4.78 is 4.57. The summed E-state index contributed by atoms with van der Waals surface area (Å²) in [5.41, 5.74) is 5.21. The van der Waals surface area contributed by atoms with Gasteiger partial charge in [-0.25, -0.2) is 4.79 Å². The molecule has 0 radical (unpaired) electrons. The molecule has 0 bridgehead atoms. The van der Waals surface area contributed by atoms with Crippen molar-refractivity contribution in [3.05, 3.63) is 331 Å². The number of aliphatic hydroxyl groups is 3. The van der Waals surface area contributed by atoms with Crippen molar-refractivity contribution in [3.63, 3.8) is 0 Å². The van der Waals surface area contributed by atoms with Crippen LogP contribution in [0.4, 0.5) is 0 Å². The summed E-state index contributed by atoms with van der Waals surface area (Å²) in [5, 5.41) is 28.7. The number of carbonyl (C=O) groups is 9. The molecule has 9 aromatic carbocycles. The molecule has 1 unspecified atom stereocenters. The summed E-state index contributed by atoms with van der Waals surface area (Å²) in [6, 6.07) is 71.7. The van der Waals surface area contributed by atoms with Crippen LogP contribution in [0.2, 0.25) is 20.1 Å². The Hall–Kier alpha value is -9.12. The zero-order valence-corrected chi connectivity index (χ0v) is 55.0. The van der Waals surface area contributed by atoms with Gasteiger partial charge in [-0.05, 0) is 75.7 Å². The molecule has 482 valence electrons. The zero-order chi connectivity index (χ0) is 68.9. The molecule has 0 aliphatic rings. The van der Waals surface area contributed by atoms with Crippen LogP contribution in [0.25, 0.3) is 0 Å². The van der Waals surface area contributed by atoms with Gasteiger partial charge in [0.2, 0.25) is 0 Å². The number of rotatable bonds is 17. The van der Waals surface area contributed by atoms with Crippen LogP contribution in [0, 0.1) is 0 Å². The highest BCUT2D eigenvalue weighted by Crippen LogP contribution is 2.23. The molecule has 3 N–H and O–H groups in total. The van der Waals surface area contributed by atoms with E-state index in [0.717, 1.165) is 5.56 Å². The largest absolute Gasteiger partial charge is 0.460 e. The average Bonchev–Trinajstić information content (AvgIpc) is 3.47. The fraction of sp³-hybridized carbons (Fsp3) is 0.133. The highest BCUT2D eigenvalue weighted by Gasteiger charge is 2.19. The summed E-state index contributed by atoms with van der Waals surface area (Å²) >= 11 is 28.0. The minimum Gasteiger partial charge on any atom is -0.460 e. The first-order chi connectivity index (χ1) is 44.6. The lowest BCUT2D eigenvalue weighted by Gasteiger charge is -2.09. The maximum Gasteiger partial charge on any atom is 0.379 e. The Kier molecular flexibility index (Phi) is 40.3. The summed E-state index contributed by atoms with van der Waals surface area (Å²) in [7, 11) is 0. The molecule has 0 saturated carbocycles. The van der Waals surface area contributed by atoms with Crippen LogP contribution in [0.1, 0.15) is 129 Å². The van der Waals surface area contributed by atoms with Gasteiger partial charge in [0.25, 0.3) is 5.78 Å². The number of carbonyl (C=O) groups excluding carboxylic acids is 9. The number of Topliss-reactive ketones (excluding diaryl/α,β-unsaturated/α-hetero) is 7. The highest BCUT2D eigenvalue weighted by atomic mass is 35.5. The number of hydrogen-bond acceptors (Lipinski definition) is 13. The Morgan fingerprint density at radius 1 is 0.452 bits per heavy atom. The van der Waals surface area contributed by atoms with E-state index >= 15 is 0 Å². The van der Waals surface area contributed by atoms with Crippen molar-refractivity contribution in [2.45, 2.75) is 40.2 Å². The van der Waals surface area contributed by atoms with Crippen LogP contribution >= 0.6 is 58.0 Å². The minimum absolute atomic E-state index is 0.00639. The number of allylic oxidation sites excluding steroid dienone is 2. The fourth-order valence-corrected chi connectivity index (χ4v) is 7.95. The lowest BCUT2D eigenvalue weighted by Crippen LogP contribution is -2.17. The second kappa shape index (κ2) is 46.9. The normalized spacial score (nSPS) is 10.0. The molecule has 13 nitrogen and oxygen atoms in total. The molecular weight excluding hydrogens is 1290 g/mol. The summed E-state index contributed by atoms with van der Waals surface area (Å²) in [6.45, 7) is 6.17. The fourth-order valence-electron chi connectivity index (χ4n) is 7.07. The van der Waals surface area contributed by atoms with E-state index in [1.807, 2.05) is 91.9 Å². The third-order valence-electron chi connectivity index (χ3n) is 11.8. The van der Waals surface area contributed by atoms with E-state index in [1.54, 1.807) is 183 Å². The Balaban J connectivity index is 0.000000364. The molecule has 93 heavy (non-hydrogen) atoms. The number of esters is 1. The monoisotopic (exact) mass is 1350 g/mol. The summed E-state index contributed by atoms with van der Waals surface area (Å²) in [5.74, 6) is -1.89. The Morgan fingerprint density at radius 3 is 1.25 bits per heavy atom. The molecule has 0 heterocycles. The van der Waals surface area contributed by atoms with Crippen molar-refractivity contribution in [1.29, 1.82) is 0 Å². The highest BCUT2D eigenvalue weighted by molar-refractivity contribution is 6.42. The molecule has 0 aliphatic carbocycles. The Bertz CT molecular complexity index is 3710. The predicted molar refractivity (Wildman–Crippen MR) is 370 cm³/mol. The second-order valence-corrected chi connectivity index (χ2v) is 20.6. The van der Waals surface area contributed by atoms with Gasteiger partial charge >= 0.3 is 5.97 Å². The van der Waals surface area contributed by atoms with Crippen LogP contribution in [0.15, 0.2) is 261 Å². The maximum atomic E-state index is 11.9. The average molecular weight is 1360 g/mol. The predicted octanol–water partition coefficient (Wildman–Crippen LogP) is 17.1. The van der Waals surface area contributed by atoms with E-state index in [0.29, 0.717) is 64.6 Å². The molecular formula is C75H69Cl5O13. The topological polar surface area (TPSA) is 224 Å². The standard InChI is InChI=1S/C14H12O2.C10H10O3.C10H10O.C9H10O2.2C8H6Cl2O.C8H7ClO.C8H8O2/c15-13(11-7-3-1-4-8-11)14(16)12-9-5-2-6-10-12;1-2-13-10(12)9(11)8-6-4-3-5-7-8;1-2-6-10(11)9-7-4-3-5-8-9;10-7-6-9(11)8-4-2-1-3-5-8;1-5(11)7-4-6(9)2-3-8(7)10;1-5(11)6-2-3-7(9)8(10)4-6;2*9-6-8(10)7-4-2-1-3-5-7/h1-10,13,15H;3-7H,2H2,1H3;2-8H,1H3;1-5,10H,6-7H2;2*2-4H,1H3;1-5H,6H2;1-5,9H,6H2/b;;6-2+;;;;;. The zero-order valence-electron chi connectivity index (χ0n) is 51.3. The molecule has 0 spiro atoms. The molecule has 0 aromatic heterocycles. The van der Waals surface area contributed by atoms with Gasteiger partial charge in [-0.1, -0.05) is 265 Å². The molecule has 0 saturated heterocycles. The van der Waals surface area contributed by atoms with E-state index in [4.69, 9.17) is 68.2 Å². The third kappa shape index (κ3) is 32.1. The molecule has 0 fully saturated rings. The number of aliphatic hydroxyl groups excluding tert-OH is 3. The summed E-state index contributed by atoms with van der Waals surface area (Å²) in [4.78, 5) is 99.7. The quantitative estimate of drug-likeness (QED) is 0.0254. The van der Waals surface area contributed by atoms with E-state index in [9.17, 15) is 48.3 Å². The van der Waals surface area contributed by atoms with E-state index in [-0.39, 0.29) is 66.0 Å². The van der Waals surface area contributed by atoms with Gasteiger partial charge in [0.15, 0.2) is 40.5 Å². The first kappa shape index (κ1) is 80.0. The molecule has 9 aromatic rings. The van der Waals surface area contributed by atoms with Crippen molar-refractivity contribution in [3.8, 4) is 0 Å². The van der Waals surface area contributed by atoms with E-state index in [2.05, 4.69) is 4.74 Å². The third-order valence-corrected chi connectivity index (χ3v) is 13.4. The minimum atomic E-state index is -1.08. The van der Waals surface area contributed by atoms with Crippen LogP contribution < -0.4 is 0 Å². The van der Waals surface area contributed by atoms with Gasteiger partial charge in [0, 0.05) is 56.0 Å². The molecule has 9 rings (SSSR count). The van der Waals surface area contributed by atoms with E-state index in [1.165, 1.54) is 13.8 Å². The van der Waals surface area contributed by atoms with Gasteiger partial charge < -0.3 is 20.1 Å². The van der Waals surface area contributed by atoms with Crippen LogP contribution in [0.3, 0.4) is 0 Å². The van der Waals surface area contributed by atoms with Gasteiger partial charge in [0.05, 0.1) is 34.2 Å². The number of ether oxygens (including phenoxy) is 1. The van der Waals surface area contributed by atoms with Gasteiger partial charge in [-0.2, -0.15) is 0 Å². The van der Waals surface area contributed by atoms with Crippen LogP contribution in [-0.4, -0.2) is 93.3 Å². The summed E-state index contributed by atoms with van der Waals surface area (Å²) in [6.07, 6.45) is 2.44. The number of alkyl halides is 1. The van der Waals surface area contributed by atoms with Crippen molar-refractivity contribution in [2.24, 2.45) is 0 Å². The number of hydrogen-bond donors (Lipinski definition) is 3. The molecule has 18 heteroatoms. The number of ketones is 8. The van der Waals surface area contributed by atoms with Crippen molar-refractivity contribution >= 4 is 110 Å². The number of benzene rings is 9. The van der Waals surface area contributed by atoms with Crippen LogP contribution in [-0.2, 0) is 9.53 Å². The SMILES string of the molecule is C/C=C/C(=O)c1ccccc1.CC(=O)c1cc(Cl)ccc1Cl.CC(=O)c1ccc(Cl)c(Cl)c1.CCOC(=O)C(=O)c1ccccc1.O=C(CCO)c1ccccc1.O=C(CCl)c1ccccc1.O=C(CO)c1ccccc1.O=C(c1ccccc1)C(O)c1ccccc1. The smallest absolute Gasteiger partial charge is 0.379 e.